The number of amides is 2. The summed E-state index contributed by atoms with van der Waals surface area (Å²) in [6.45, 7) is 2.97. The van der Waals surface area contributed by atoms with Crippen molar-refractivity contribution in [2.24, 2.45) is 0 Å². The van der Waals surface area contributed by atoms with Crippen molar-refractivity contribution in [1.29, 1.82) is 0 Å². The molecular formula is C18H26N4O2. The molecule has 1 saturated heterocycles. The van der Waals surface area contributed by atoms with Crippen molar-refractivity contribution in [2.75, 3.05) is 31.1 Å². The zero-order valence-electron chi connectivity index (χ0n) is 14.1. The Hall–Kier alpha value is -2.11. The normalized spacial score (nSPS) is 18.7. The molecule has 1 N–H and O–H groups in total. The van der Waals surface area contributed by atoms with Gasteiger partial charge in [-0.3, -0.25) is 9.59 Å². The molecule has 0 spiro atoms. The van der Waals surface area contributed by atoms with Crippen molar-refractivity contribution in [1.82, 2.24) is 15.2 Å². The molecule has 1 aliphatic carbocycles. The molecule has 0 atom stereocenters. The summed E-state index contributed by atoms with van der Waals surface area (Å²) < 4.78 is 0. The first kappa shape index (κ1) is 16.7. The van der Waals surface area contributed by atoms with E-state index in [0.29, 0.717) is 32.0 Å². The fourth-order valence-electron chi connectivity index (χ4n) is 3.47. The Morgan fingerprint density at radius 2 is 1.83 bits per heavy atom. The number of pyridine rings is 1. The van der Waals surface area contributed by atoms with Crippen LogP contribution in [0.15, 0.2) is 24.4 Å². The second kappa shape index (κ2) is 8.13. The molecule has 24 heavy (non-hydrogen) atoms. The van der Waals surface area contributed by atoms with E-state index < -0.39 is 0 Å². The molecule has 6 nitrogen and oxygen atoms in total. The van der Waals surface area contributed by atoms with Gasteiger partial charge in [-0.2, -0.15) is 0 Å². The molecule has 0 bridgehead atoms. The Morgan fingerprint density at radius 3 is 2.50 bits per heavy atom. The van der Waals surface area contributed by atoms with Crippen LogP contribution in [0.1, 0.15) is 38.5 Å². The van der Waals surface area contributed by atoms with E-state index in [0.717, 1.165) is 31.7 Å². The lowest BCUT2D eigenvalue weighted by Crippen LogP contribution is -2.49. The lowest BCUT2D eigenvalue weighted by atomic mass is 10.2. The predicted octanol–water partition coefficient (Wildman–Crippen LogP) is 1.57. The fourth-order valence-corrected chi connectivity index (χ4v) is 3.47. The minimum Gasteiger partial charge on any atom is -0.353 e. The minimum absolute atomic E-state index is 0.0161. The van der Waals surface area contributed by atoms with Crippen molar-refractivity contribution in [3.05, 3.63) is 24.4 Å². The first-order chi connectivity index (χ1) is 11.7. The van der Waals surface area contributed by atoms with Crippen molar-refractivity contribution in [2.45, 2.75) is 44.6 Å². The number of carbonyl (C=O) groups is 2. The third kappa shape index (κ3) is 4.46. The largest absolute Gasteiger partial charge is 0.353 e. The Kier molecular flexibility index (Phi) is 5.67. The SMILES string of the molecule is O=C(CCC(=O)N1CCN(c2ccccn2)CC1)NC1CCCC1. The van der Waals surface area contributed by atoms with Crippen LogP contribution in [0.3, 0.4) is 0 Å². The van der Waals surface area contributed by atoms with E-state index in [9.17, 15) is 9.59 Å². The van der Waals surface area contributed by atoms with Crippen molar-refractivity contribution < 1.29 is 9.59 Å². The summed E-state index contributed by atoms with van der Waals surface area (Å²) in [5.41, 5.74) is 0. The number of rotatable bonds is 5. The molecule has 0 unspecified atom stereocenters. The molecule has 1 saturated carbocycles. The van der Waals surface area contributed by atoms with Gasteiger partial charge in [-0.1, -0.05) is 18.9 Å². The van der Waals surface area contributed by atoms with Crippen molar-refractivity contribution in [3.63, 3.8) is 0 Å². The number of hydrogen-bond acceptors (Lipinski definition) is 4. The van der Waals surface area contributed by atoms with Gasteiger partial charge < -0.3 is 15.1 Å². The second-order valence-electron chi connectivity index (χ2n) is 6.60. The fraction of sp³-hybridized carbons (Fsp3) is 0.611. The maximum Gasteiger partial charge on any atom is 0.223 e. The van der Waals surface area contributed by atoms with Gasteiger partial charge in [0.15, 0.2) is 0 Å². The first-order valence-electron chi connectivity index (χ1n) is 8.95. The molecule has 0 aromatic carbocycles. The summed E-state index contributed by atoms with van der Waals surface area (Å²) in [4.78, 5) is 32.6. The number of hydrogen-bond donors (Lipinski definition) is 1. The second-order valence-corrected chi connectivity index (χ2v) is 6.60. The highest BCUT2D eigenvalue weighted by Gasteiger charge is 2.23. The summed E-state index contributed by atoms with van der Waals surface area (Å²) >= 11 is 0. The quantitative estimate of drug-likeness (QED) is 0.890. The van der Waals surface area contributed by atoms with Crippen LogP contribution in [0.5, 0.6) is 0 Å². The van der Waals surface area contributed by atoms with Crippen LogP contribution in [0.25, 0.3) is 0 Å². The van der Waals surface area contributed by atoms with Gasteiger partial charge in [0.2, 0.25) is 11.8 Å². The number of nitrogens with one attached hydrogen (secondary N) is 1. The average molecular weight is 330 g/mol. The monoisotopic (exact) mass is 330 g/mol. The van der Waals surface area contributed by atoms with Gasteiger partial charge in [0.25, 0.3) is 0 Å². The average Bonchev–Trinajstić information content (AvgIpc) is 3.13. The predicted molar refractivity (Wildman–Crippen MR) is 92.7 cm³/mol. The number of aromatic nitrogens is 1. The lowest BCUT2D eigenvalue weighted by Gasteiger charge is -2.35. The van der Waals surface area contributed by atoms with E-state index in [4.69, 9.17) is 0 Å². The van der Waals surface area contributed by atoms with Gasteiger partial charge in [-0.15, -0.1) is 0 Å². The highest BCUT2D eigenvalue weighted by atomic mass is 16.2. The van der Waals surface area contributed by atoms with E-state index >= 15 is 0 Å². The smallest absolute Gasteiger partial charge is 0.223 e. The Morgan fingerprint density at radius 1 is 1.08 bits per heavy atom. The molecule has 0 radical (unpaired) electrons. The number of anilines is 1. The molecule has 1 aromatic rings. The van der Waals surface area contributed by atoms with Crippen LogP contribution in [-0.2, 0) is 9.59 Å². The molecule has 1 aromatic heterocycles. The Balaban J connectivity index is 1.38. The van der Waals surface area contributed by atoms with Crippen LogP contribution in [-0.4, -0.2) is 53.9 Å². The number of nitrogens with zero attached hydrogens (tertiary/aromatic N) is 3. The summed E-state index contributed by atoms with van der Waals surface area (Å²) in [5.74, 6) is 1.06. The maximum absolute atomic E-state index is 12.3. The molecule has 2 heterocycles. The third-order valence-electron chi connectivity index (χ3n) is 4.89. The molecular weight excluding hydrogens is 304 g/mol. The molecule has 3 rings (SSSR count). The molecule has 130 valence electrons. The molecule has 6 heteroatoms. The van der Waals surface area contributed by atoms with Gasteiger partial charge in [0.1, 0.15) is 5.82 Å². The molecule has 2 fully saturated rings. The highest BCUT2D eigenvalue weighted by molar-refractivity contribution is 5.84. The van der Waals surface area contributed by atoms with Gasteiger partial charge in [0, 0.05) is 51.3 Å². The van der Waals surface area contributed by atoms with E-state index in [-0.39, 0.29) is 11.8 Å². The zero-order valence-corrected chi connectivity index (χ0v) is 14.1. The summed E-state index contributed by atoms with van der Waals surface area (Å²) in [5, 5.41) is 3.04. The standard InChI is InChI=1S/C18H26N4O2/c23-17(20-15-5-1-2-6-15)8-9-18(24)22-13-11-21(12-14-22)16-7-3-4-10-19-16/h3-4,7,10,15H,1-2,5-6,8-9,11-14H2,(H,20,23). The minimum atomic E-state index is 0.0161. The van der Waals surface area contributed by atoms with E-state index in [1.807, 2.05) is 23.1 Å². The molecule has 2 amide bonds. The van der Waals surface area contributed by atoms with Crippen molar-refractivity contribution >= 4 is 17.6 Å². The van der Waals surface area contributed by atoms with E-state index in [1.54, 1.807) is 6.20 Å². The Labute approximate surface area is 143 Å². The molecule has 2 aliphatic rings. The van der Waals surface area contributed by atoms with E-state index in [1.165, 1.54) is 12.8 Å². The Bertz CT molecular complexity index is 549. The van der Waals surface area contributed by atoms with Crippen molar-refractivity contribution in [3.8, 4) is 0 Å². The summed E-state index contributed by atoms with van der Waals surface area (Å²) in [7, 11) is 0. The number of carbonyl (C=O) groups excluding carboxylic acids is 2. The lowest BCUT2D eigenvalue weighted by molar-refractivity contribution is -0.134. The maximum atomic E-state index is 12.3. The van der Waals surface area contributed by atoms with Gasteiger partial charge in [0.05, 0.1) is 0 Å². The van der Waals surface area contributed by atoms with Gasteiger partial charge in [-0.25, -0.2) is 4.98 Å². The molecule has 1 aliphatic heterocycles. The van der Waals surface area contributed by atoms with Crippen LogP contribution in [0.2, 0.25) is 0 Å². The highest BCUT2D eigenvalue weighted by Crippen LogP contribution is 2.18. The topological polar surface area (TPSA) is 65.5 Å². The van der Waals surface area contributed by atoms with Gasteiger partial charge in [-0.05, 0) is 25.0 Å². The summed E-state index contributed by atoms with van der Waals surface area (Å²) in [6.07, 6.45) is 6.95. The third-order valence-corrected chi connectivity index (χ3v) is 4.89. The number of piperazine rings is 1. The summed E-state index contributed by atoms with van der Waals surface area (Å²) in [6, 6.07) is 6.20. The van der Waals surface area contributed by atoms with Crippen LogP contribution >= 0.6 is 0 Å². The van der Waals surface area contributed by atoms with Crippen LogP contribution < -0.4 is 10.2 Å². The zero-order chi connectivity index (χ0) is 16.8. The first-order valence-corrected chi connectivity index (χ1v) is 8.95. The van der Waals surface area contributed by atoms with Crippen LogP contribution in [0, 0.1) is 0 Å². The van der Waals surface area contributed by atoms with Crippen LogP contribution in [0.4, 0.5) is 5.82 Å². The van der Waals surface area contributed by atoms with Gasteiger partial charge >= 0.3 is 0 Å². The van der Waals surface area contributed by atoms with E-state index in [2.05, 4.69) is 15.2 Å².